The van der Waals surface area contributed by atoms with Crippen LogP contribution in [0, 0.1) is 5.41 Å². The number of hydrogen-bond donors (Lipinski definition) is 2. The molecule has 1 aliphatic heterocycles. The zero-order chi connectivity index (χ0) is 13.5. The highest BCUT2D eigenvalue weighted by Crippen LogP contribution is 2.32. The number of fused-ring (bicyclic) bond motifs is 1. The Balaban J connectivity index is 1.97. The van der Waals surface area contributed by atoms with Crippen LogP contribution in [0.5, 0.6) is 0 Å². The zero-order valence-corrected chi connectivity index (χ0v) is 11.5. The van der Waals surface area contributed by atoms with Crippen molar-refractivity contribution in [1.82, 2.24) is 20.2 Å². The molecule has 3 heterocycles. The van der Waals surface area contributed by atoms with Crippen LogP contribution in [0.4, 0.5) is 11.8 Å². The van der Waals surface area contributed by atoms with Gasteiger partial charge in [0, 0.05) is 13.1 Å². The zero-order valence-electron chi connectivity index (χ0n) is 11.5. The van der Waals surface area contributed by atoms with Crippen LogP contribution in [-0.2, 0) is 0 Å². The standard InChI is InChI=1S/C13H20N6/c1-13(2)4-3-6-19(7-5-13)11-9-8-15-18-10(9)16-12(14)17-11/h8H,3-7H2,1-2H3,(H3,14,15,16,17,18). The van der Waals surface area contributed by atoms with Gasteiger partial charge in [-0.25, -0.2) is 0 Å². The molecule has 0 aromatic carbocycles. The molecule has 0 spiro atoms. The van der Waals surface area contributed by atoms with E-state index in [2.05, 4.69) is 38.9 Å². The first-order valence-electron chi connectivity index (χ1n) is 6.77. The fraction of sp³-hybridized carbons (Fsp3) is 0.615. The molecule has 6 heteroatoms. The lowest BCUT2D eigenvalue weighted by molar-refractivity contribution is 0.325. The van der Waals surface area contributed by atoms with E-state index in [-0.39, 0.29) is 0 Å². The molecule has 0 bridgehead atoms. The lowest BCUT2D eigenvalue weighted by Gasteiger charge is -2.24. The number of aromatic nitrogens is 4. The molecule has 0 aliphatic carbocycles. The Bertz CT molecular complexity index is 588. The molecule has 0 saturated carbocycles. The highest BCUT2D eigenvalue weighted by atomic mass is 15.2. The summed E-state index contributed by atoms with van der Waals surface area (Å²) in [6.45, 7) is 6.68. The van der Waals surface area contributed by atoms with Crippen molar-refractivity contribution in [3.05, 3.63) is 6.20 Å². The van der Waals surface area contributed by atoms with Gasteiger partial charge >= 0.3 is 0 Å². The lowest BCUT2D eigenvalue weighted by Crippen LogP contribution is -2.26. The number of aromatic amines is 1. The number of nitrogens with two attached hydrogens (primary N) is 1. The molecule has 1 saturated heterocycles. The number of H-pyrrole nitrogens is 1. The lowest BCUT2D eigenvalue weighted by atomic mass is 9.85. The normalized spacial score (nSPS) is 19.6. The van der Waals surface area contributed by atoms with E-state index >= 15 is 0 Å². The second-order valence-corrected chi connectivity index (χ2v) is 6.04. The molecule has 0 atom stereocenters. The van der Waals surface area contributed by atoms with Crippen LogP contribution in [0.1, 0.15) is 33.1 Å². The molecule has 2 aromatic heterocycles. The van der Waals surface area contributed by atoms with E-state index < -0.39 is 0 Å². The summed E-state index contributed by atoms with van der Waals surface area (Å²) in [6.07, 6.45) is 5.37. The molecule has 1 fully saturated rings. The summed E-state index contributed by atoms with van der Waals surface area (Å²) in [5.74, 6) is 1.21. The van der Waals surface area contributed by atoms with Crippen LogP contribution >= 0.6 is 0 Å². The maximum Gasteiger partial charge on any atom is 0.224 e. The molecule has 0 amide bonds. The smallest absolute Gasteiger partial charge is 0.224 e. The number of nitrogen functional groups attached to an aromatic ring is 1. The van der Waals surface area contributed by atoms with Crippen LogP contribution in [0.3, 0.4) is 0 Å². The molecule has 6 nitrogen and oxygen atoms in total. The van der Waals surface area contributed by atoms with Gasteiger partial charge in [-0.3, -0.25) is 5.10 Å². The molecule has 0 unspecified atom stereocenters. The van der Waals surface area contributed by atoms with Crippen molar-refractivity contribution in [2.75, 3.05) is 23.7 Å². The van der Waals surface area contributed by atoms with E-state index in [9.17, 15) is 0 Å². The molecule has 102 valence electrons. The van der Waals surface area contributed by atoms with Crippen LogP contribution < -0.4 is 10.6 Å². The van der Waals surface area contributed by atoms with Crippen LogP contribution in [0.15, 0.2) is 6.20 Å². The Labute approximate surface area is 112 Å². The minimum absolute atomic E-state index is 0.301. The quantitative estimate of drug-likeness (QED) is 0.818. The molecular formula is C13H20N6. The molecular weight excluding hydrogens is 240 g/mol. The number of anilines is 2. The van der Waals surface area contributed by atoms with Crippen LogP contribution in [0.2, 0.25) is 0 Å². The van der Waals surface area contributed by atoms with Crippen molar-refractivity contribution in [2.24, 2.45) is 5.41 Å². The average molecular weight is 260 g/mol. The van der Waals surface area contributed by atoms with Crippen molar-refractivity contribution in [3.63, 3.8) is 0 Å². The topological polar surface area (TPSA) is 83.7 Å². The first kappa shape index (κ1) is 12.2. The van der Waals surface area contributed by atoms with E-state index in [1.165, 1.54) is 12.8 Å². The van der Waals surface area contributed by atoms with E-state index in [0.29, 0.717) is 17.0 Å². The third kappa shape index (κ3) is 2.34. The largest absolute Gasteiger partial charge is 0.368 e. The third-order valence-electron chi connectivity index (χ3n) is 3.95. The van der Waals surface area contributed by atoms with Crippen LogP contribution in [0.25, 0.3) is 11.0 Å². The number of nitrogens with zero attached hydrogens (tertiary/aromatic N) is 4. The molecule has 19 heavy (non-hydrogen) atoms. The summed E-state index contributed by atoms with van der Waals surface area (Å²) in [5, 5.41) is 7.86. The summed E-state index contributed by atoms with van der Waals surface area (Å²) in [6, 6.07) is 0. The molecule has 0 radical (unpaired) electrons. The van der Waals surface area contributed by atoms with E-state index in [1.54, 1.807) is 6.20 Å². The SMILES string of the molecule is CC1(C)CCCN(c2nc(N)nc3[nH]ncc23)CC1. The van der Waals surface area contributed by atoms with Crippen molar-refractivity contribution >= 4 is 22.8 Å². The molecule has 2 aromatic rings. The summed E-state index contributed by atoms with van der Waals surface area (Å²) < 4.78 is 0. The van der Waals surface area contributed by atoms with Crippen LogP contribution in [-0.4, -0.2) is 33.3 Å². The third-order valence-corrected chi connectivity index (χ3v) is 3.95. The summed E-state index contributed by atoms with van der Waals surface area (Å²) in [7, 11) is 0. The monoisotopic (exact) mass is 260 g/mol. The first-order chi connectivity index (χ1) is 9.05. The van der Waals surface area contributed by atoms with Crippen molar-refractivity contribution in [1.29, 1.82) is 0 Å². The summed E-state index contributed by atoms with van der Waals surface area (Å²) >= 11 is 0. The predicted molar refractivity (Wildman–Crippen MR) is 75.9 cm³/mol. The predicted octanol–water partition coefficient (Wildman–Crippen LogP) is 1.95. The second kappa shape index (κ2) is 4.36. The Morgan fingerprint density at radius 3 is 2.95 bits per heavy atom. The van der Waals surface area contributed by atoms with E-state index in [4.69, 9.17) is 5.73 Å². The molecule has 3 rings (SSSR count). The minimum Gasteiger partial charge on any atom is -0.368 e. The van der Waals surface area contributed by atoms with Gasteiger partial charge in [0.1, 0.15) is 5.82 Å². The fourth-order valence-electron chi connectivity index (χ4n) is 2.71. The van der Waals surface area contributed by atoms with Gasteiger partial charge in [-0.05, 0) is 24.7 Å². The molecule has 3 N–H and O–H groups in total. The average Bonchev–Trinajstić information content (AvgIpc) is 2.72. The van der Waals surface area contributed by atoms with Gasteiger partial charge in [0.05, 0.1) is 11.6 Å². The summed E-state index contributed by atoms with van der Waals surface area (Å²) in [4.78, 5) is 10.9. The van der Waals surface area contributed by atoms with Gasteiger partial charge in [-0.1, -0.05) is 13.8 Å². The maximum absolute atomic E-state index is 5.79. The highest BCUT2D eigenvalue weighted by molar-refractivity contribution is 5.87. The number of hydrogen-bond acceptors (Lipinski definition) is 5. The fourth-order valence-corrected chi connectivity index (χ4v) is 2.71. The first-order valence-corrected chi connectivity index (χ1v) is 6.77. The highest BCUT2D eigenvalue weighted by Gasteiger charge is 2.25. The van der Waals surface area contributed by atoms with Gasteiger partial charge in [-0.15, -0.1) is 0 Å². The van der Waals surface area contributed by atoms with Gasteiger partial charge in [0.15, 0.2) is 5.65 Å². The van der Waals surface area contributed by atoms with Crippen molar-refractivity contribution in [3.8, 4) is 0 Å². The van der Waals surface area contributed by atoms with Gasteiger partial charge in [0.25, 0.3) is 0 Å². The van der Waals surface area contributed by atoms with E-state index in [1.807, 2.05) is 0 Å². The second-order valence-electron chi connectivity index (χ2n) is 6.04. The van der Waals surface area contributed by atoms with Gasteiger partial charge < -0.3 is 10.6 Å². The van der Waals surface area contributed by atoms with Crippen molar-refractivity contribution < 1.29 is 0 Å². The summed E-state index contributed by atoms with van der Waals surface area (Å²) in [5.41, 5.74) is 6.91. The Morgan fingerprint density at radius 1 is 1.26 bits per heavy atom. The Hall–Kier alpha value is -1.85. The van der Waals surface area contributed by atoms with Gasteiger partial charge in [0.2, 0.25) is 5.95 Å². The Kier molecular flexibility index (Phi) is 2.80. The Morgan fingerprint density at radius 2 is 2.11 bits per heavy atom. The maximum atomic E-state index is 5.79. The van der Waals surface area contributed by atoms with Crippen molar-refractivity contribution in [2.45, 2.75) is 33.1 Å². The van der Waals surface area contributed by atoms with Gasteiger partial charge in [-0.2, -0.15) is 15.1 Å². The minimum atomic E-state index is 0.301. The molecule has 1 aliphatic rings. The number of nitrogens with one attached hydrogen (secondary N) is 1. The number of rotatable bonds is 1. The van der Waals surface area contributed by atoms with E-state index in [0.717, 1.165) is 30.7 Å².